The lowest BCUT2D eigenvalue weighted by Gasteiger charge is -2.21. The van der Waals surface area contributed by atoms with Crippen LogP contribution in [0.25, 0.3) is 10.9 Å². The van der Waals surface area contributed by atoms with Crippen LogP contribution in [0.2, 0.25) is 0 Å². The van der Waals surface area contributed by atoms with Gasteiger partial charge in [-0.3, -0.25) is 19.5 Å². The second kappa shape index (κ2) is 10.4. The zero-order chi connectivity index (χ0) is 23.1. The molecule has 0 fully saturated rings. The first kappa shape index (κ1) is 22.7. The van der Waals surface area contributed by atoms with Gasteiger partial charge in [0, 0.05) is 11.1 Å². The summed E-state index contributed by atoms with van der Waals surface area (Å²) >= 11 is 0. The van der Waals surface area contributed by atoms with E-state index in [9.17, 15) is 14.4 Å². The second-order valence-corrected chi connectivity index (χ2v) is 6.88. The Morgan fingerprint density at radius 2 is 1.75 bits per heavy atom. The molecule has 0 aliphatic heterocycles. The molecule has 0 aliphatic carbocycles. The fourth-order valence-corrected chi connectivity index (χ4v) is 3.13. The van der Waals surface area contributed by atoms with Crippen LogP contribution in [0.15, 0.2) is 54.6 Å². The summed E-state index contributed by atoms with van der Waals surface area (Å²) in [7, 11) is 1.55. The lowest BCUT2D eigenvalue weighted by Crippen LogP contribution is -2.39. The van der Waals surface area contributed by atoms with Crippen LogP contribution in [0.4, 0.5) is 5.69 Å². The van der Waals surface area contributed by atoms with Crippen molar-refractivity contribution in [3.05, 3.63) is 65.9 Å². The molecule has 32 heavy (non-hydrogen) atoms. The highest BCUT2D eigenvalue weighted by molar-refractivity contribution is 6.01. The molecule has 2 aromatic carbocycles. The van der Waals surface area contributed by atoms with Gasteiger partial charge in [0.25, 0.3) is 5.91 Å². The predicted molar refractivity (Wildman–Crippen MR) is 119 cm³/mol. The van der Waals surface area contributed by atoms with E-state index >= 15 is 0 Å². The maximum atomic E-state index is 12.8. The third kappa shape index (κ3) is 5.40. The zero-order valence-electron chi connectivity index (χ0n) is 18.2. The molecule has 0 saturated heterocycles. The number of hydrogen-bond donors (Lipinski definition) is 0. The van der Waals surface area contributed by atoms with Gasteiger partial charge in [-0.05, 0) is 50.2 Å². The van der Waals surface area contributed by atoms with Gasteiger partial charge in [0.05, 0.1) is 30.5 Å². The Hall–Kier alpha value is -3.94. The summed E-state index contributed by atoms with van der Waals surface area (Å²) in [5.41, 5.74) is 1.93. The molecular formula is C24H24N2O6. The number of esters is 2. The average molecular weight is 436 g/mol. The number of rotatable bonds is 8. The lowest BCUT2D eigenvalue weighted by atomic mass is 10.1. The fraction of sp³-hybridized carbons (Fsp3) is 0.250. The number of fused-ring (bicyclic) bond motifs is 1. The molecule has 0 bridgehead atoms. The number of amides is 1. The normalized spacial score (nSPS) is 10.5. The minimum Gasteiger partial charge on any atom is -0.497 e. The van der Waals surface area contributed by atoms with Crippen molar-refractivity contribution in [3.8, 4) is 5.75 Å². The van der Waals surface area contributed by atoms with Gasteiger partial charge in [-0.15, -0.1) is 0 Å². The lowest BCUT2D eigenvalue weighted by molar-refractivity contribution is -0.142. The second-order valence-electron chi connectivity index (χ2n) is 6.88. The molecule has 166 valence electrons. The molecular weight excluding hydrogens is 412 g/mol. The molecule has 0 unspecified atom stereocenters. The molecule has 0 saturated carbocycles. The molecule has 8 heteroatoms. The summed E-state index contributed by atoms with van der Waals surface area (Å²) in [6.45, 7) is 2.75. The molecule has 3 aromatic rings. The number of carbonyl (C=O) groups excluding carboxylic acids is 3. The summed E-state index contributed by atoms with van der Waals surface area (Å²) in [5, 5.41) is 0.710. The number of anilines is 1. The van der Waals surface area contributed by atoms with Gasteiger partial charge >= 0.3 is 11.9 Å². The summed E-state index contributed by atoms with van der Waals surface area (Å²) in [5.74, 6) is -1.16. The van der Waals surface area contributed by atoms with Crippen LogP contribution in [0, 0.1) is 6.92 Å². The van der Waals surface area contributed by atoms with E-state index in [1.165, 1.54) is 4.90 Å². The third-order valence-corrected chi connectivity index (χ3v) is 4.72. The molecule has 1 amide bonds. The van der Waals surface area contributed by atoms with Crippen molar-refractivity contribution in [2.45, 2.75) is 13.8 Å². The Kier molecular flexibility index (Phi) is 7.38. The molecule has 0 aliphatic rings. The highest BCUT2D eigenvalue weighted by Gasteiger charge is 2.22. The van der Waals surface area contributed by atoms with Gasteiger partial charge in [-0.25, -0.2) is 4.79 Å². The molecule has 0 atom stereocenters. The van der Waals surface area contributed by atoms with Crippen LogP contribution in [0.1, 0.15) is 23.0 Å². The smallest absolute Gasteiger partial charge is 0.340 e. The number of carbonyl (C=O) groups is 3. The molecule has 8 nitrogen and oxygen atoms in total. The molecule has 0 radical (unpaired) electrons. The number of ether oxygens (including phenoxy) is 3. The van der Waals surface area contributed by atoms with Crippen LogP contribution in [-0.4, -0.2) is 49.7 Å². The highest BCUT2D eigenvalue weighted by atomic mass is 16.5. The maximum absolute atomic E-state index is 12.8. The summed E-state index contributed by atoms with van der Waals surface area (Å²) in [4.78, 5) is 43.1. The van der Waals surface area contributed by atoms with Crippen molar-refractivity contribution in [1.82, 2.24) is 4.98 Å². The van der Waals surface area contributed by atoms with Gasteiger partial charge in [0.15, 0.2) is 6.61 Å². The molecule has 0 spiro atoms. The third-order valence-electron chi connectivity index (χ3n) is 4.72. The number of pyridine rings is 1. The first-order valence-corrected chi connectivity index (χ1v) is 10.1. The summed E-state index contributed by atoms with van der Waals surface area (Å²) in [6, 6.07) is 15.6. The van der Waals surface area contributed by atoms with Crippen molar-refractivity contribution in [3.63, 3.8) is 0 Å². The van der Waals surface area contributed by atoms with Crippen molar-refractivity contribution >= 4 is 34.4 Å². The largest absolute Gasteiger partial charge is 0.497 e. The molecule has 1 aromatic heterocycles. The number of methoxy groups -OCH3 is 1. The van der Waals surface area contributed by atoms with E-state index in [0.717, 1.165) is 0 Å². The van der Waals surface area contributed by atoms with Crippen molar-refractivity contribution < 1.29 is 28.6 Å². The van der Waals surface area contributed by atoms with Crippen LogP contribution >= 0.6 is 0 Å². The molecule has 0 N–H and O–H groups in total. The average Bonchev–Trinajstić information content (AvgIpc) is 2.80. The van der Waals surface area contributed by atoms with Gasteiger partial charge in [-0.2, -0.15) is 0 Å². The van der Waals surface area contributed by atoms with Crippen molar-refractivity contribution in [2.24, 2.45) is 0 Å². The Morgan fingerprint density at radius 3 is 2.44 bits per heavy atom. The Bertz CT molecular complexity index is 1130. The van der Waals surface area contributed by atoms with E-state index in [1.54, 1.807) is 75.6 Å². The summed E-state index contributed by atoms with van der Waals surface area (Å²) < 4.78 is 15.4. The number of aromatic nitrogens is 1. The number of nitrogens with zero attached hydrogens (tertiary/aromatic N) is 2. The Morgan fingerprint density at radius 1 is 1.00 bits per heavy atom. The zero-order valence-corrected chi connectivity index (χ0v) is 18.2. The van der Waals surface area contributed by atoms with Crippen molar-refractivity contribution in [2.75, 3.05) is 31.8 Å². The summed E-state index contributed by atoms with van der Waals surface area (Å²) in [6.07, 6.45) is 0. The first-order chi connectivity index (χ1) is 15.4. The number of aryl methyl sites for hydroxylation is 1. The van der Waals surface area contributed by atoms with Crippen LogP contribution in [0.3, 0.4) is 0 Å². The quantitative estimate of drug-likeness (QED) is 0.500. The Labute approximate surface area is 185 Å². The standard InChI is InChI=1S/C24H24N2O6/c1-4-31-23(28)14-26(18-8-6-5-7-9-18)22(27)15-32-24(29)20-13-17-12-19(30-3)10-11-21(17)25-16(20)2/h5-13H,4,14-15H2,1-3H3. The van der Waals surface area contributed by atoms with Crippen LogP contribution in [-0.2, 0) is 19.1 Å². The molecule has 1 heterocycles. The number of para-hydroxylation sites is 1. The van der Waals surface area contributed by atoms with Crippen LogP contribution < -0.4 is 9.64 Å². The topological polar surface area (TPSA) is 95.0 Å². The minimum atomic E-state index is -0.683. The van der Waals surface area contributed by atoms with E-state index in [2.05, 4.69) is 4.98 Å². The maximum Gasteiger partial charge on any atom is 0.340 e. The van der Waals surface area contributed by atoms with Crippen molar-refractivity contribution in [1.29, 1.82) is 0 Å². The van der Waals surface area contributed by atoms with Gasteiger partial charge in [0.2, 0.25) is 0 Å². The molecule has 3 rings (SSSR count). The van der Waals surface area contributed by atoms with Gasteiger partial charge < -0.3 is 14.2 Å². The van der Waals surface area contributed by atoms with E-state index in [1.807, 2.05) is 0 Å². The first-order valence-electron chi connectivity index (χ1n) is 10.1. The van der Waals surface area contributed by atoms with Gasteiger partial charge in [-0.1, -0.05) is 18.2 Å². The SMILES string of the molecule is CCOC(=O)CN(C(=O)COC(=O)c1cc2cc(OC)ccc2nc1C)c1ccccc1. The van der Waals surface area contributed by atoms with E-state index in [0.29, 0.717) is 28.0 Å². The van der Waals surface area contributed by atoms with E-state index < -0.39 is 24.5 Å². The number of hydrogen-bond acceptors (Lipinski definition) is 7. The van der Waals surface area contributed by atoms with Gasteiger partial charge in [0.1, 0.15) is 12.3 Å². The fourth-order valence-electron chi connectivity index (χ4n) is 3.13. The Balaban J connectivity index is 1.76. The minimum absolute atomic E-state index is 0.198. The van der Waals surface area contributed by atoms with Crippen LogP contribution in [0.5, 0.6) is 5.75 Å². The highest BCUT2D eigenvalue weighted by Crippen LogP contribution is 2.22. The monoisotopic (exact) mass is 436 g/mol. The van der Waals surface area contributed by atoms with E-state index in [4.69, 9.17) is 14.2 Å². The predicted octanol–water partition coefficient (Wildman–Crippen LogP) is 3.30. The number of benzene rings is 2. The van der Waals surface area contributed by atoms with E-state index in [-0.39, 0.29) is 18.7 Å².